The maximum Gasteiger partial charge on any atom is 0.242 e. The molecular formula is C13H14BrN3O. The van der Waals surface area contributed by atoms with E-state index in [9.17, 15) is 10.1 Å². The van der Waals surface area contributed by atoms with Gasteiger partial charge in [-0.2, -0.15) is 5.26 Å². The van der Waals surface area contributed by atoms with Crippen LogP contribution < -0.4 is 10.2 Å². The lowest BCUT2D eigenvalue weighted by atomic mass is 10.1. The maximum atomic E-state index is 11.8. The van der Waals surface area contributed by atoms with E-state index in [0.717, 1.165) is 23.1 Å². The van der Waals surface area contributed by atoms with Gasteiger partial charge in [0.15, 0.2) is 0 Å². The van der Waals surface area contributed by atoms with Crippen LogP contribution >= 0.6 is 15.9 Å². The number of piperazine rings is 1. The topological polar surface area (TPSA) is 56.1 Å². The molecule has 1 aromatic rings. The Bertz CT molecular complexity index is 509. The number of amides is 1. The van der Waals surface area contributed by atoms with E-state index in [-0.39, 0.29) is 11.9 Å². The highest BCUT2D eigenvalue weighted by molar-refractivity contribution is 9.10. The number of rotatable bonds is 2. The molecule has 1 amide bonds. The van der Waals surface area contributed by atoms with Crippen molar-refractivity contribution in [2.45, 2.75) is 19.4 Å². The quantitative estimate of drug-likeness (QED) is 0.909. The van der Waals surface area contributed by atoms with E-state index in [1.54, 1.807) is 6.07 Å². The molecule has 1 unspecified atom stereocenters. The Morgan fingerprint density at radius 1 is 1.61 bits per heavy atom. The molecule has 4 nitrogen and oxygen atoms in total. The van der Waals surface area contributed by atoms with Crippen molar-refractivity contribution >= 4 is 27.5 Å². The smallest absolute Gasteiger partial charge is 0.242 e. The monoisotopic (exact) mass is 307 g/mol. The molecule has 1 heterocycles. The van der Waals surface area contributed by atoms with Crippen molar-refractivity contribution in [3.05, 3.63) is 28.2 Å². The summed E-state index contributed by atoms with van der Waals surface area (Å²) in [6, 6.07) is 7.51. The summed E-state index contributed by atoms with van der Waals surface area (Å²) in [6.07, 6.45) is 0.725. The zero-order valence-corrected chi connectivity index (χ0v) is 11.7. The number of carbonyl (C=O) groups is 1. The Balaban J connectivity index is 2.43. The Morgan fingerprint density at radius 3 is 3.06 bits per heavy atom. The van der Waals surface area contributed by atoms with E-state index < -0.39 is 0 Å². The normalized spacial score (nSPS) is 19.3. The number of anilines is 1. The summed E-state index contributed by atoms with van der Waals surface area (Å²) in [4.78, 5) is 13.9. The minimum absolute atomic E-state index is 0.0348. The zero-order chi connectivity index (χ0) is 13.1. The van der Waals surface area contributed by atoms with Crippen LogP contribution in [0.4, 0.5) is 5.69 Å². The van der Waals surface area contributed by atoms with Crippen molar-refractivity contribution < 1.29 is 4.79 Å². The van der Waals surface area contributed by atoms with Crippen LogP contribution in [0.5, 0.6) is 0 Å². The molecule has 0 aliphatic carbocycles. The third kappa shape index (κ3) is 2.34. The lowest BCUT2D eigenvalue weighted by molar-refractivity contribution is -0.123. The largest absolute Gasteiger partial charge is 0.357 e. The Hall–Kier alpha value is -1.54. The fourth-order valence-corrected chi connectivity index (χ4v) is 2.59. The second-order valence-corrected chi connectivity index (χ2v) is 5.10. The molecule has 2 rings (SSSR count). The highest BCUT2D eigenvalue weighted by Crippen LogP contribution is 2.28. The number of benzene rings is 1. The zero-order valence-electron chi connectivity index (χ0n) is 10.1. The highest BCUT2D eigenvalue weighted by atomic mass is 79.9. The fraction of sp³-hybridized carbons (Fsp3) is 0.385. The van der Waals surface area contributed by atoms with Gasteiger partial charge in [0, 0.05) is 17.6 Å². The SMILES string of the molecule is CCC1C(=O)NCCN1c1cc(Br)ccc1C#N. The number of hydrogen-bond acceptors (Lipinski definition) is 3. The second-order valence-electron chi connectivity index (χ2n) is 4.18. The van der Waals surface area contributed by atoms with Crippen LogP contribution in [-0.4, -0.2) is 25.0 Å². The minimum atomic E-state index is -0.194. The molecule has 94 valence electrons. The summed E-state index contributed by atoms with van der Waals surface area (Å²) < 4.78 is 0.914. The molecule has 1 fully saturated rings. The highest BCUT2D eigenvalue weighted by Gasteiger charge is 2.29. The number of carbonyl (C=O) groups excluding carboxylic acids is 1. The van der Waals surface area contributed by atoms with Crippen molar-refractivity contribution in [3.8, 4) is 6.07 Å². The summed E-state index contributed by atoms with van der Waals surface area (Å²) in [5, 5.41) is 12.0. The summed E-state index contributed by atoms with van der Waals surface area (Å²) in [7, 11) is 0. The molecule has 0 saturated carbocycles. The first-order valence-corrected chi connectivity index (χ1v) is 6.70. The number of nitrogens with zero attached hydrogens (tertiary/aromatic N) is 2. The minimum Gasteiger partial charge on any atom is -0.357 e. The Labute approximate surface area is 115 Å². The molecule has 1 aliphatic rings. The van der Waals surface area contributed by atoms with Crippen molar-refractivity contribution in [1.29, 1.82) is 5.26 Å². The number of nitriles is 1. The molecule has 5 heteroatoms. The van der Waals surface area contributed by atoms with Gasteiger partial charge in [-0.05, 0) is 24.6 Å². The summed E-state index contributed by atoms with van der Waals surface area (Å²) in [5.74, 6) is 0.0348. The summed E-state index contributed by atoms with van der Waals surface area (Å²) in [6.45, 7) is 3.33. The standard InChI is InChI=1S/C13H14BrN3O/c1-2-11-13(18)16-5-6-17(11)12-7-10(14)4-3-9(12)8-15/h3-4,7,11H,2,5-6H2,1H3,(H,16,18). The third-order valence-electron chi connectivity index (χ3n) is 3.11. The van der Waals surface area contributed by atoms with E-state index in [2.05, 4.69) is 27.3 Å². The molecule has 1 atom stereocenters. The van der Waals surface area contributed by atoms with Crippen LogP contribution in [-0.2, 0) is 4.79 Å². The second kappa shape index (κ2) is 5.40. The van der Waals surface area contributed by atoms with Gasteiger partial charge in [-0.3, -0.25) is 4.79 Å². The lowest BCUT2D eigenvalue weighted by Crippen LogP contribution is -2.55. The van der Waals surface area contributed by atoms with E-state index in [0.29, 0.717) is 12.1 Å². The molecule has 0 radical (unpaired) electrons. The first kappa shape index (κ1) is 12.9. The molecule has 0 aromatic heterocycles. The molecule has 1 aliphatic heterocycles. The molecular weight excluding hydrogens is 294 g/mol. The lowest BCUT2D eigenvalue weighted by Gasteiger charge is -2.36. The van der Waals surface area contributed by atoms with Gasteiger partial charge < -0.3 is 10.2 Å². The van der Waals surface area contributed by atoms with E-state index >= 15 is 0 Å². The van der Waals surface area contributed by atoms with Crippen LogP contribution in [0.1, 0.15) is 18.9 Å². The summed E-state index contributed by atoms with van der Waals surface area (Å²) >= 11 is 3.41. The van der Waals surface area contributed by atoms with Crippen molar-refractivity contribution in [2.75, 3.05) is 18.0 Å². The van der Waals surface area contributed by atoms with E-state index in [1.807, 2.05) is 24.0 Å². The third-order valence-corrected chi connectivity index (χ3v) is 3.60. The van der Waals surface area contributed by atoms with Gasteiger partial charge in [-0.25, -0.2) is 0 Å². The fourth-order valence-electron chi connectivity index (χ4n) is 2.25. The van der Waals surface area contributed by atoms with Crippen LogP contribution in [0, 0.1) is 11.3 Å². The predicted octanol–water partition coefficient (Wildman–Crippen LogP) is 2.04. The molecule has 1 aromatic carbocycles. The van der Waals surface area contributed by atoms with Crippen LogP contribution in [0.3, 0.4) is 0 Å². The van der Waals surface area contributed by atoms with E-state index in [4.69, 9.17) is 0 Å². The molecule has 0 spiro atoms. The van der Waals surface area contributed by atoms with Crippen molar-refractivity contribution in [3.63, 3.8) is 0 Å². The van der Waals surface area contributed by atoms with Crippen molar-refractivity contribution in [1.82, 2.24) is 5.32 Å². The Morgan fingerprint density at radius 2 is 2.39 bits per heavy atom. The van der Waals surface area contributed by atoms with Crippen LogP contribution in [0.15, 0.2) is 22.7 Å². The van der Waals surface area contributed by atoms with Gasteiger partial charge in [-0.15, -0.1) is 0 Å². The number of hydrogen-bond donors (Lipinski definition) is 1. The van der Waals surface area contributed by atoms with Gasteiger partial charge >= 0.3 is 0 Å². The Kier molecular flexibility index (Phi) is 3.87. The average molecular weight is 308 g/mol. The molecule has 1 N–H and O–H groups in total. The molecule has 1 saturated heterocycles. The van der Waals surface area contributed by atoms with Gasteiger partial charge in [0.25, 0.3) is 0 Å². The van der Waals surface area contributed by atoms with Gasteiger partial charge in [0.05, 0.1) is 11.3 Å². The maximum absolute atomic E-state index is 11.8. The van der Waals surface area contributed by atoms with Gasteiger partial charge in [0.2, 0.25) is 5.91 Å². The molecule has 18 heavy (non-hydrogen) atoms. The van der Waals surface area contributed by atoms with Gasteiger partial charge in [-0.1, -0.05) is 22.9 Å². The first-order valence-electron chi connectivity index (χ1n) is 5.91. The van der Waals surface area contributed by atoms with E-state index in [1.165, 1.54) is 0 Å². The first-order chi connectivity index (χ1) is 8.67. The predicted molar refractivity (Wildman–Crippen MR) is 73.3 cm³/mol. The summed E-state index contributed by atoms with van der Waals surface area (Å²) in [5.41, 5.74) is 1.43. The van der Waals surface area contributed by atoms with Crippen LogP contribution in [0.2, 0.25) is 0 Å². The number of nitrogens with one attached hydrogen (secondary N) is 1. The average Bonchev–Trinajstić information content (AvgIpc) is 2.38. The number of halogens is 1. The van der Waals surface area contributed by atoms with Crippen LogP contribution in [0.25, 0.3) is 0 Å². The molecule has 0 bridgehead atoms. The van der Waals surface area contributed by atoms with Gasteiger partial charge in [0.1, 0.15) is 12.1 Å². The van der Waals surface area contributed by atoms with Crippen molar-refractivity contribution in [2.24, 2.45) is 0 Å².